The van der Waals surface area contributed by atoms with Gasteiger partial charge in [0, 0.05) is 12.1 Å². The summed E-state index contributed by atoms with van der Waals surface area (Å²) in [5, 5.41) is 12.3. The predicted octanol–water partition coefficient (Wildman–Crippen LogP) is 4.00. The first-order chi connectivity index (χ1) is 14.5. The third-order valence-electron chi connectivity index (χ3n) is 4.69. The van der Waals surface area contributed by atoms with E-state index in [-0.39, 0.29) is 12.5 Å². The number of nitriles is 1. The Kier molecular flexibility index (Phi) is 7.04. The zero-order valence-electron chi connectivity index (χ0n) is 17.0. The van der Waals surface area contributed by atoms with Gasteiger partial charge in [-0.1, -0.05) is 19.4 Å². The quantitative estimate of drug-likeness (QED) is 0.513. The van der Waals surface area contributed by atoms with Gasteiger partial charge >= 0.3 is 0 Å². The Labute approximate surface area is 181 Å². The van der Waals surface area contributed by atoms with Crippen LogP contribution in [0, 0.1) is 11.3 Å². The first kappa shape index (κ1) is 21.3. The summed E-state index contributed by atoms with van der Waals surface area (Å²) in [6.07, 6.45) is 3.68. The van der Waals surface area contributed by atoms with Crippen LogP contribution in [0.3, 0.4) is 0 Å². The molecule has 1 N–H and O–H groups in total. The fourth-order valence-corrected chi connectivity index (χ4v) is 3.33. The summed E-state index contributed by atoms with van der Waals surface area (Å²) in [6, 6.07) is 14.6. The molecule has 0 aliphatic carbocycles. The minimum Gasteiger partial charge on any atom is -0.496 e. The molecule has 0 saturated carbocycles. The number of rotatable bonds is 8. The van der Waals surface area contributed by atoms with Gasteiger partial charge in [0.1, 0.15) is 23.8 Å². The van der Waals surface area contributed by atoms with Crippen LogP contribution in [0.1, 0.15) is 36.5 Å². The van der Waals surface area contributed by atoms with Gasteiger partial charge in [-0.2, -0.15) is 5.26 Å². The summed E-state index contributed by atoms with van der Waals surface area (Å²) in [4.78, 5) is 14.2. The third kappa shape index (κ3) is 4.97. The van der Waals surface area contributed by atoms with E-state index in [9.17, 15) is 4.79 Å². The molecule has 2 aromatic carbocycles. The highest BCUT2D eigenvalue weighted by molar-refractivity contribution is 7.80. The molecule has 1 aliphatic heterocycles. The van der Waals surface area contributed by atoms with Crippen LogP contribution in [0.4, 0.5) is 0 Å². The Hall–Kier alpha value is -3.37. The molecular formula is C23H23N3O3S. The molecule has 0 aromatic heterocycles. The van der Waals surface area contributed by atoms with E-state index >= 15 is 0 Å². The molecular weight excluding hydrogens is 398 g/mol. The lowest BCUT2D eigenvalue weighted by Crippen LogP contribution is -2.31. The number of nitrogens with zero attached hydrogens (tertiary/aromatic N) is 2. The second kappa shape index (κ2) is 9.90. The number of nitrogens with one attached hydrogen (secondary N) is 1. The Balaban J connectivity index is 1.77. The summed E-state index contributed by atoms with van der Waals surface area (Å²) in [5.41, 5.74) is 2.71. The highest BCUT2D eigenvalue weighted by Crippen LogP contribution is 2.24. The second-order valence-electron chi connectivity index (χ2n) is 6.79. The molecule has 2 aromatic rings. The molecule has 0 unspecified atom stereocenters. The lowest BCUT2D eigenvalue weighted by atomic mass is 10.1. The Bertz CT molecular complexity index is 1010. The van der Waals surface area contributed by atoms with Crippen molar-refractivity contribution in [2.45, 2.75) is 26.4 Å². The fourth-order valence-electron chi connectivity index (χ4n) is 3.05. The molecule has 0 radical (unpaired) electrons. The monoisotopic (exact) mass is 421 g/mol. The average Bonchev–Trinajstić information content (AvgIpc) is 3.03. The molecule has 154 valence electrons. The van der Waals surface area contributed by atoms with Gasteiger partial charge in [0.05, 0.1) is 18.7 Å². The van der Waals surface area contributed by atoms with E-state index in [1.807, 2.05) is 18.2 Å². The minimum absolute atomic E-state index is 0.111. The number of carbonyl (C=O) groups excluding carboxylic acids is 1. The van der Waals surface area contributed by atoms with Crippen molar-refractivity contribution in [3.63, 3.8) is 0 Å². The van der Waals surface area contributed by atoms with Gasteiger partial charge in [-0.05, 0) is 66.7 Å². The number of carbonyl (C=O) groups is 1. The number of methoxy groups -OCH3 is 1. The van der Waals surface area contributed by atoms with Crippen LogP contribution >= 0.6 is 12.2 Å². The van der Waals surface area contributed by atoms with Crippen LogP contribution in [0.5, 0.6) is 11.5 Å². The number of hydrogen-bond acceptors (Lipinski definition) is 5. The van der Waals surface area contributed by atoms with Gasteiger partial charge in [0.25, 0.3) is 5.91 Å². The Morgan fingerprint density at radius 1 is 1.23 bits per heavy atom. The molecule has 1 fully saturated rings. The molecule has 6 nitrogen and oxygen atoms in total. The van der Waals surface area contributed by atoms with E-state index < -0.39 is 0 Å². The zero-order valence-corrected chi connectivity index (χ0v) is 17.8. The second-order valence-corrected chi connectivity index (χ2v) is 7.18. The van der Waals surface area contributed by atoms with Crippen LogP contribution in [0.25, 0.3) is 6.08 Å². The van der Waals surface area contributed by atoms with E-state index in [4.69, 9.17) is 27.0 Å². The van der Waals surface area contributed by atoms with E-state index in [0.29, 0.717) is 34.4 Å². The molecule has 1 heterocycles. The molecule has 1 aliphatic rings. The number of ether oxygens (including phenoxy) is 2. The van der Waals surface area contributed by atoms with Crippen molar-refractivity contribution in [2.24, 2.45) is 0 Å². The van der Waals surface area contributed by atoms with Crippen LogP contribution in [-0.2, 0) is 11.4 Å². The lowest BCUT2D eigenvalue weighted by Gasteiger charge is -2.12. The van der Waals surface area contributed by atoms with E-state index in [2.05, 4.69) is 18.3 Å². The van der Waals surface area contributed by atoms with Gasteiger partial charge in [-0.25, -0.2) is 0 Å². The van der Waals surface area contributed by atoms with Crippen LogP contribution in [-0.4, -0.2) is 29.6 Å². The molecule has 3 rings (SSSR count). The van der Waals surface area contributed by atoms with Gasteiger partial charge < -0.3 is 14.8 Å². The van der Waals surface area contributed by atoms with E-state index in [1.165, 1.54) is 0 Å². The van der Waals surface area contributed by atoms with Crippen molar-refractivity contribution in [3.05, 3.63) is 64.9 Å². The summed E-state index contributed by atoms with van der Waals surface area (Å²) in [5.74, 6) is 1.24. The molecule has 7 heteroatoms. The smallest absolute Gasteiger partial charge is 0.276 e. The maximum Gasteiger partial charge on any atom is 0.276 e. The van der Waals surface area contributed by atoms with Gasteiger partial charge in [0.15, 0.2) is 5.11 Å². The number of amides is 1. The van der Waals surface area contributed by atoms with E-state index in [1.54, 1.807) is 42.4 Å². The third-order valence-corrected chi connectivity index (χ3v) is 5.01. The summed E-state index contributed by atoms with van der Waals surface area (Å²) in [6.45, 7) is 2.98. The van der Waals surface area contributed by atoms with Crippen molar-refractivity contribution in [3.8, 4) is 17.6 Å². The zero-order chi connectivity index (χ0) is 21.5. The van der Waals surface area contributed by atoms with Crippen LogP contribution in [0.2, 0.25) is 0 Å². The average molecular weight is 422 g/mol. The highest BCUT2D eigenvalue weighted by Gasteiger charge is 2.29. The first-order valence-electron chi connectivity index (χ1n) is 9.70. The van der Waals surface area contributed by atoms with E-state index in [0.717, 1.165) is 24.0 Å². The van der Waals surface area contributed by atoms with Gasteiger partial charge in [-0.15, -0.1) is 0 Å². The largest absolute Gasteiger partial charge is 0.496 e. The van der Waals surface area contributed by atoms with Crippen molar-refractivity contribution in [1.82, 2.24) is 10.2 Å². The van der Waals surface area contributed by atoms with Crippen molar-refractivity contribution in [1.29, 1.82) is 5.26 Å². The van der Waals surface area contributed by atoms with Crippen LogP contribution in [0.15, 0.2) is 48.2 Å². The standard InChI is InChI=1S/C23H23N3O3S/c1-3-4-11-26-22(27)20(25-23(26)30)13-17-7-10-21(28-2)18(12-17)15-29-19-8-5-16(14-24)6-9-19/h5-10,12-13H,3-4,11,15H2,1-2H3,(H,25,30)/b20-13+. The lowest BCUT2D eigenvalue weighted by molar-refractivity contribution is -0.122. The number of benzene rings is 2. The van der Waals surface area contributed by atoms with Crippen molar-refractivity contribution >= 4 is 29.3 Å². The summed E-state index contributed by atoms with van der Waals surface area (Å²) >= 11 is 5.30. The topological polar surface area (TPSA) is 74.6 Å². The maximum absolute atomic E-state index is 12.6. The normalized spacial score (nSPS) is 14.6. The molecule has 0 spiro atoms. The summed E-state index contributed by atoms with van der Waals surface area (Å²) < 4.78 is 11.3. The Morgan fingerprint density at radius 3 is 2.67 bits per heavy atom. The number of thiocarbonyl (C=S) groups is 1. The van der Waals surface area contributed by atoms with Crippen molar-refractivity contribution in [2.75, 3.05) is 13.7 Å². The van der Waals surface area contributed by atoms with Gasteiger partial charge in [0.2, 0.25) is 0 Å². The van der Waals surface area contributed by atoms with Crippen LogP contribution < -0.4 is 14.8 Å². The predicted molar refractivity (Wildman–Crippen MR) is 119 cm³/mol. The highest BCUT2D eigenvalue weighted by atomic mass is 32.1. The molecule has 30 heavy (non-hydrogen) atoms. The molecule has 0 bridgehead atoms. The summed E-state index contributed by atoms with van der Waals surface area (Å²) in [7, 11) is 1.60. The van der Waals surface area contributed by atoms with Crippen molar-refractivity contribution < 1.29 is 14.3 Å². The molecule has 1 saturated heterocycles. The maximum atomic E-state index is 12.6. The molecule has 0 atom stereocenters. The number of hydrogen-bond donors (Lipinski definition) is 1. The number of unbranched alkanes of at least 4 members (excludes halogenated alkanes) is 1. The first-order valence-corrected chi connectivity index (χ1v) is 10.1. The SMILES string of the molecule is CCCCN1C(=O)/C(=C\c2ccc(OC)c(COc3ccc(C#N)cc3)c2)NC1=S. The Morgan fingerprint density at radius 2 is 2.00 bits per heavy atom. The molecule has 1 amide bonds. The minimum atomic E-state index is -0.111. The fraction of sp³-hybridized carbons (Fsp3) is 0.261. The van der Waals surface area contributed by atoms with Gasteiger partial charge in [-0.3, -0.25) is 9.69 Å².